The molecule has 19 heavy (non-hydrogen) atoms. The van der Waals surface area contributed by atoms with Crippen molar-refractivity contribution in [1.82, 2.24) is 19.8 Å². The summed E-state index contributed by atoms with van der Waals surface area (Å²) in [5.41, 5.74) is 0. The van der Waals surface area contributed by atoms with E-state index < -0.39 is 16.1 Å². The van der Waals surface area contributed by atoms with Crippen LogP contribution in [-0.4, -0.2) is 49.6 Å². The average molecular weight is 288 g/mol. The lowest BCUT2D eigenvalue weighted by atomic mass is 10.0. The third-order valence-corrected chi connectivity index (χ3v) is 3.91. The molecule has 0 aliphatic rings. The first-order chi connectivity index (χ1) is 8.74. The van der Waals surface area contributed by atoms with Gasteiger partial charge in [-0.15, -0.1) is 0 Å². The van der Waals surface area contributed by atoms with Crippen LogP contribution in [0.3, 0.4) is 0 Å². The van der Waals surface area contributed by atoms with Gasteiger partial charge in [-0.1, -0.05) is 13.8 Å². The zero-order valence-electron chi connectivity index (χ0n) is 11.5. The molecule has 0 saturated carbocycles. The zero-order chi connectivity index (χ0) is 14.6. The highest BCUT2D eigenvalue weighted by atomic mass is 32.2. The second-order valence-corrected chi connectivity index (χ2v) is 6.64. The minimum Gasteiger partial charge on any atom is -0.347 e. The number of hydrogen-bond donors (Lipinski definition) is 2. The summed E-state index contributed by atoms with van der Waals surface area (Å²) in [4.78, 5) is 13.4. The van der Waals surface area contributed by atoms with Crippen LogP contribution in [0.2, 0.25) is 0 Å². The van der Waals surface area contributed by atoms with Gasteiger partial charge in [-0.3, -0.25) is 9.89 Å². The molecule has 1 unspecified atom stereocenters. The molecule has 0 spiro atoms. The normalized spacial score (nSPS) is 13.5. The van der Waals surface area contributed by atoms with Crippen LogP contribution in [0.4, 0.5) is 0 Å². The Morgan fingerprint density at radius 1 is 1.47 bits per heavy atom. The first-order valence-corrected chi connectivity index (χ1v) is 7.45. The van der Waals surface area contributed by atoms with Gasteiger partial charge in [0.15, 0.2) is 5.03 Å². The molecule has 1 aromatic heterocycles. The van der Waals surface area contributed by atoms with E-state index in [4.69, 9.17) is 0 Å². The number of carbonyl (C=O) groups is 1. The van der Waals surface area contributed by atoms with Gasteiger partial charge in [0, 0.05) is 14.1 Å². The summed E-state index contributed by atoms with van der Waals surface area (Å²) in [6, 6.07) is 0.567. The lowest BCUT2D eigenvalue weighted by Crippen LogP contribution is -2.46. The number of nitrogens with zero attached hydrogens (tertiary/aromatic N) is 2. The Balaban J connectivity index is 2.92. The molecule has 108 valence electrons. The van der Waals surface area contributed by atoms with E-state index in [0.29, 0.717) is 6.42 Å². The van der Waals surface area contributed by atoms with Crippen molar-refractivity contribution in [1.29, 1.82) is 0 Å². The van der Waals surface area contributed by atoms with Gasteiger partial charge in [0.2, 0.25) is 5.91 Å². The van der Waals surface area contributed by atoms with Crippen LogP contribution in [0, 0.1) is 5.92 Å². The zero-order valence-corrected chi connectivity index (χ0v) is 12.4. The number of carbonyl (C=O) groups excluding carboxylic acids is 1. The summed E-state index contributed by atoms with van der Waals surface area (Å²) in [5, 5.41) is 5.93. The molecule has 1 heterocycles. The standard InChI is InChI=1S/C11H20N4O3S/c1-8(2)7-9(11(16)15(3)4)14-19(17,18)10-5-6-12-13-10/h5-6,8-9,14H,7H2,1-4H3,(H,12,13). The molecule has 0 fully saturated rings. The van der Waals surface area contributed by atoms with Crippen molar-refractivity contribution in [3.63, 3.8) is 0 Å². The third-order valence-electron chi connectivity index (χ3n) is 2.51. The topological polar surface area (TPSA) is 95.2 Å². The fourth-order valence-electron chi connectivity index (χ4n) is 1.63. The maximum atomic E-state index is 12.1. The SMILES string of the molecule is CC(C)CC(NS(=O)(=O)c1ccn[nH]1)C(=O)N(C)C. The average Bonchev–Trinajstić information content (AvgIpc) is 2.79. The Hall–Kier alpha value is -1.41. The van der Waals surface area contributed by atoms with Gasteiger partial charge in [0.1, 0.15) is 6.04 Å². The second kappa shape index (κ2) is 6.16. The summed E-state index contributed by atoms with van der Waals surface area (Å²) < 4.78 is 26.5. The Morgan fingerprint density at radius 3 is 2.53 bits per heavy atom. The number of sulfonamides is 1. The highest BCUT2D eigenvalue weighted by Gasteiger charge is 2.28. The number of aromatic amines is 1. The third kappa shape index (κ3) is 4.32. The largest absolute Gasteiger partial charge is 0.347 e. The molecular weight excluding hydrogens is 268 g/mol. The fourth-order valence-corrected chi connectivity index (χ4v) is 2.74. The minimum atomic E-state index is -3.76. The van der Waals surface area contributed by atoms with Gasteiger partial charge in [-0.2, -0.15) is 9.82 Å². The maximum Gasteiger partial charge on any atom is 0.258 e. The summed E-state index contributed by atoms with van der Waals surface area (Å²) in [6.07, 6.45) is 1.78. The van der Waals surface area contributed by atoms with Gasteiger partial charge < -0.3 is 4.90 Å². The van der Waals surface area contributed by atoms with E-state index in [1.54, 1.807) is 14.1 Å². The number of amides is 1. The van der Waals surface area contributed by atoms with Crippen LogP contribution in [0.25, 0.3) is 0 Å². The van der Waals surface area contributed by atoms with Crippen molar-refractivity contribution >= 4 is 15.9 Å². The van der Waals surface area contributed by atoms with E-state index >= 15 is 0 Å². The predicted octanol–water partition coefficient (Wildman–Crippen LogP) is 0.191. The van der Waals surface area contributed by atoms with Crippen LogP contribution in [0.1, 0.15) is 20.3 Å². The number of H-pyrrole nitrogens is 1. The van der Waals surface area contributed by atoms with Crippen LogP contribution in [0.5, 0.6) is 0 Å². The predicted molar refractivity (Wildman–Crippen MR) is 70.8 cm³/mol. The highest BCUT2D eigenvalue weighted by molar-refractivity contribution is 7.89. The van der Waals surface area contributed by atoms with Gasteiger partial charge in [0.25, 0.3) is 10.0 Å². The van der Waals surface area contributed by atoms with Crippen molar-refractivity contribution in [2.75, 3.05) is 14.1 Å². The number of likely N-dealkylation sites (N-methyl/N-ethyl adjacent to an activating group) is 1. The summed E-state index contributed by atoms with van der Waals surface area (Å²) >= 11 is 0. The number of hydrogen-bond acceptors (Lipinski definition) is 4. The first-order valence-electron chi connectivity index (χ1n) is 5.97. The molecule has 0 aliphatic carbocycles. The van der Waals surface area contributed by atoms with Gasteiger partial charge in [-0.25, -0.2) is 8.42 Å². The molecule has 0 bridgehead atoms. The molecule has 0 aliphatic heterocycles. The number of nitrogens with one attached hydrogen (secondary N) is 2. The van der Waals surface area contributed by atoms with Crippen LogP contribution in [-0.2, 0) is 14.8 Å². The Morgan fingerprint density at radius 2 is 2.11 bits per heavy atom. The van der Waals surface area contributed by atoms with Crippen molar-refractivity contribution < 1.29 is 13.2 Å². The van der Waals surface area contributed by atoms with Crippen LogP contribution in [0.15, 0.2) is 17.3 Å². The Bertz CT molecular complexity index is 508. The lowest BCUT2D eigenvalue weighted by molar-refractivity contribution is -0.130. The smallest absolute Gasteiger partial charge is 0.258 e. The molecule has 0 aromatic carbocycles. The van der Waals surface area contributed by atoms with Crippen molar-refractivity contribution in [3.8, 4) is 0 Å². The maximum absolute atomic E-state index is 12.1. The summed E-state index contributed by atoms with van der Waals surface area (Å²) in [7, 11) is -0.561. The van der Waals surface area contributed by atoms with Crippen LogP contribution < -0.4 is 4.72 Å². The molecule has 1 atom stereocenters. The van der Waals surface area contributed by atoms with E-state index in [1.165, 1.54) is 17.2 Å². The van der Waals surface area contributed by atoms with Gasteiger partial charge in [0.05, 0.1) is 6.20 Å². The molecule has 1 rings (SSSR count). The van der Waals surface area contributed by atoms with E-state index in [0.717, 1.165) is 0 Å². The molecule has 7 nitrogen and oxygen atoms in total. The molecule has 0 saturated heterocycles. The Kier molecular flexibility index (Phi) is 5.07. The van der Waals surface area contributed by atoms with E-state index in [2.05, 4.69) is 14.9 Å². The van der Waals surface area contributed by atoms with Crippen LogP contribution >= 0.6 is 0 Å². The summed E-state index contributed by atoms with van der Waals surface area (Å²) in [5.74, 6) is -0.0739. The quantitative estimate of drug-likeness (QED) is 0.781. The van der Waals surface area contributed by atoms with Crippen molar-refractivity contribution in [2.45, 2.75) is 31.3 Å². The molecule has 2 N–H and O–H groups in total. The number of aromatic nitrogens is 2. The van der Waals surface area contributed by atoms with Crippen molar-refractivity contribution in [3.05, 3.63) is 12.3 Å². The summed E-state index contributed by atoms with van der Waals surface area (Å²) in [6.45, 7) is 3.86. The van der Waals surface area contributed by atoms with E-state index in [1.807, 2.05) is 13.8 Å². The molecular formula is C11H20N4O3S. The van der Waals surface area contributed by atoms with E-state index in [9.17, 15) is 13.2 Å². The van der Waals surface area contributed by atoms with Crippen molar-refractivity contribution in [2.24, 2.45) is 5.92 Å². The van der Waals surface area contributed by atoms with E-state index in [-0.39, 0.29) is 16.9 Å². The first kappa shape index (κ1) is 15.6. The minimum absolute atomic E-state index is 0.0483. The fraction of sp³-hybridized carbons (Fsp3) is 0.636. The van der Waals surface area contributed by atoms with Gasteiger partial charge in [-0.05, 0) is 18.4 Å². The monoisotopic (exact) mass is 288 g/mol. The molecule has 1 aromatic rings. The number of rotatable bonds is 6. The second-order valence-electron chi connectivity index (χ2n) is 4.96. The van der Waals surface area contributed by atoms with Gasteiger partial charge >= 0.3 is 0 Å². The molecule has 8 heteroatoms. The Labute approximate surface area is 113 Å². The lowest BCUT2D eigenvalue weighted by Gasteiger charge is -2.22. The molecule has 1 amide bonds. The molecule has 0 radical (unpaired) electrons. The highest BCUT2D eigenvalue weighted by Crippen LogP contribution is 2.11.